The fraction of sp³-hybridized carbons (Fsp3) is 0.526. The molecule has 0 unspecified atom stereocenters. The molecule has 0 fully saturated rings. The Balaban J connectivity index is 1.84. The fourth-order valence-electron chi connectivity index (χ4n) is 2.56. The van der Waals surface area contributed by atoms with Gasteiger partial charge in [-0.05, 0) is 24.1 Å². The van der Waals surface area contributed by atoms with Crippen molar-refractivity contribution < 1.29 is 23.5 Å². The number of amides is 1. The maximum atomic E-state index is 12.2. The molecule has 0 atom stereocenters. The molecule has 0 aliphatic rings. The third kappa shape index (κ3) is 5.60. The average molecular weight is 377 g/mol. The van der Waals surface area contributed by atoms with E-state index in [-0.39, 0.29) is 18.2 Å². The van der Waals surface area contributed by atoms with Crippen molar-refractivity contribution in [3.63, 3.8) is 0 Å². The highest BCUT2D eigenvalue weighted by molar-refractivity contribution is 5.79. The number of carbonyl (C=O) groups excluding carboxylic acids is 1. The summed E-state index contributed by atoms with van der Waals surface area (Å²) >= 11 is 0. The Hall–Kier alpha value is -2.77. The van der Waals surface area contributed by atoms with Crippen molar-refractivity contribution in [2.24, 2.45) is 0 Å². The van der Waals surface area contributed by atoms with Crippen LogP contribution in [-0.2, 0) is 17.6 Å². The number of carbonyl (C=O) groups is 1. The van der Waals surface area contributed by atoms with Crippen molar-refractivity contribution in [1.29, 1.82) is 0 Å². The summed E-state index contributed by atoms with van der Waals surface area (Å²) in [6, 6.07) is 3.54. The summed E-state index contributed by atoms with van der Waals surface area (Å²) in [5.41, 5.74) is 0.778. The molecular weight excluding hydrogens is 350 g/mol. The zero-order chi connectivity index (χ0) is 19.8. The van der Waals surface area contributed by atoms with Gasteiger partial charge in [0.15, 0.2) is 17.3 Å². The highest BCUT2D eigenvalue weighted by atomic mass is 16.5. The lowest BCUT2D eigenvalue weighted by Crippen LogP contribution is -2.26. The van der Waals surface area contributed by atoms with Crippen molar-refractivity contribution in [3.8, 4) is 17.2 Å². The number of benzene rings is 1. The quantitative estimate of drug-likeness (QED) is 0.636. The van der Waals surface area contributed by atoms with Crippen LogP contribution < -0.4 is 19.5 Å². The molecule has 8 heteroatoms. The molecule has 1 heterocycles. The zero-order valence-electron chi connectivity index (χ0n) is 16.5. The van der Waals surface area contributed by atoms with Gasteiger partial charge in [-0.3, -0.25) is 4.79 Å². The first-order valence-corrected chi connectivity index (χ1v) is 8.86. The first-order chi connectivity index (χ1) is 13.0. The standard InChI is InChI=1S/C19H27N3O5/c1-12(2)19-21-17(27-22-19)7-6-8-20-16(23)11-13-9-14(24-3)18(26-5)15(10-13)25-4/h9-10,12H,6-8,11H2,1-5H3,(H,20,23). The van der Waals surface area contributed by atoms with E-state index in [0.29, 0.717) is 41.9 Å². The van der Waals surface area contributed by atoms with Crippen LogP contribution >= 0.6 is 0 Å². The maximum Gasteiger partial charge on any atom is 0.226 e. The van der Waals surface area contributed by atoms with Crippen LogP contribution in [0.3, 0.4) is 0 Å². The first-order valence-electron chi connectivity index (χ1n) is 8.86. The van der Waals surface area contributed by atoms with Gasteiger partial charge in [-0.2, -0.15) is 4.98 Å². The molecule has 2 rings (SSSR count). The van der Waals surface area contributed by atoms with Crippen LogP contribution in [0.25, 0.3) is 0 Å². The van der Waals surface area contributed by atoms with E-state index >= 15 is 0 Å². The van der Waals surface area contributed by atoms with Crippen molar-refractivity contribution in [3.05, 3.63) is 29.4 Å². The molecule has 0 spiro atoms. The third-order valence-electron chi connectivity index (χ3n) is 3.98. The lowest BCUT2D eigenvalue weighted by molar-refractivity contribution is -0.120. The minimum absolute atomic E-state index is 0.0855. The molecule has 0 aliphatic carbocycles. The van der Waals surface area contributed by atoms with Crippen LogP contribution in [0.2, 0.25) is 0 Å². The largest absolute Gasteiger partial charge is 0.493 e. The van der Waals surface area contributed by atoms with E-state index in [9.17, 15) is 4.79 Å². The Labute approximate surface area is 159 Å². The summed E-state index contributed by atoms with van der Waals surface area (Å²) in [6.45, 7) is 4.55. The summed E-state index contributed by atoms with van der Waals surface area (Å²) < 4.78 is 21.1. The van der Waals surface area contributed by atoms with E-state index in [1.807, 2.05) is 13.8 Å². The van der Waals surface area contributed by atoms with Crippen molar-refractivity contribution in [1.82, 2.24) is 15.5 Å². The Morgan fingerprint density at radius 1 is 1.15 bits per heavy atom. The van der Waals surface area contributed by atoms with Gasteiger partial charge in [0, 0.05) is 18.9 Å². The van der Waals surface area contributed by atoms with Crippen LogP contribution in [0, 0.1) is 0 Å². The highest BCUT2D eigenvalue weighted by Gasteiger charge is 2.15. The van der Waals surface area contributed by atoms with E-state index in [0.717, 1.165) is 12.0 Å². The molecule has 1 amide bonds. The van der Waals surface area contributed by atoms with Gasteiger partial charge in [-0.15, -0.1) is 0 Å². The lowest BCUT2D eigenvalue weighted by atomic mass is 10.1. The highest BCUT2D eigenvalue weighted by Crippen LogP contribution is 2.38. The van der Waals surface area contributed by atoms with Gasteiger partial charge >= 0.3 is 0 Å². The van der Waals surface area contributed by atoms with E-state index in [4.69, 9.17) is 18.7 Å². The fourth-order valence-corrected chi connectivity index (χ4v) is 2.56. The Bertz CT molecular complexity index is 733. The van der Waals surface area contributed by atoms with Gasteiger partial charge in [-0.1, -0.05) is 19.0 Å². The number of aryl methyl sites for hydroxylation is 1. The van der Waals surface area contributed by atoms with Gasteiger partial charge in [0.05, 0.1) is 27.8 Å². The summed E-state index contributed by atoms with van der Waals surface area (Å²) in [7, 11) is 4.63. The Morgan fingerprint density at radius 2 is 1.81 bits per heavy atom. The predicted octanol–water partition coefficient (Wildman–Crippen LogP) is 2.51. The molecule has 1 aromatic carbocycles. The number of nitrogens with one attached hydrogen (secondary N) is 1. The molecule has 0 saturated heterocycles. The number of hydrogen-bond acceptors (Lipinski definition) is 7. The van der Waals surface area contributed by atoms with E-state index in [2.05, 4.69) is 15.5 Å². The van der Waals surface area contributed by atoms with Gasteiger partial charge in [0.25, 0.3) is 0 Å². The van der Waals surface area contributed by atoms with E-state index < -0.39 is 0 Å². The number of aromatic nitrogens is 2. The number of nitrogens with zero attached hydrogens (tertiary/aromatic N) is 2. The van der Waals surface area contributed by atoms with Crippen LogP contribution in [-0.4, -0.2) is 43.9 Å². The third-order valence-corrected chi connectivity index (χ3v) is 3.98. The molecule has 8 nitrogen and oxygen atoms in total. The Morgan fingerprint density at radius 3 is 2.33 bits per heavy atom. The molecule has 27 heavy (non-hydrogen) atoms. The van der Waals surface area contributed by atoms with Gasteiger partial charge in [-0.25, -0.2) is 0 Å². The SMILES string of the molecule is COc1cc(CC(=O)NCCCc2nc(C(C)C)no2)cc(OC)c1OC. The van der Waals surface area contributed by atoms with Crippen LogP contribution in [0.15, 0.2) is 16.7 Å². The molecule has 1 N–H and O–H groups in total. The monoisotopic (exact) mass is 377 g/mol. The summed E-state index contributed by atoms with van der Waals surface area (Å²) in [5.74, 6) is 3.01. The molecule has 0 bridgehead atoms. The van der Waals surface area contributed by atoms with E-state index in [1.165, 1.54) is 0 Å². The minimum Gasteiger partial charge on any atom is -0.493 e. The second-order valence-corrected chi connectivity index (χ2v) is 6.36. The zero-order valence-corrected chi connectivity index (χ0v) is 16.5. The number of ether oxygens (including phenoxy) is 3. The second-order valence-electron chi connectivity index (χ2n) is 6.36. The van der Waals surface area contributed by atoms with Crippen molar-refractivity contribution in [2.45, 2.75) is 39.0 Å². The van der Waals surface area contributed by atoms with Crippen LogP contribution in [0.1, 0.15) is 43.5 Å². The van der Waals surface area contributed by atoms with Gasteiger partial charge in [0.1, 0.15) is 0 Å². The topological polar surface area (TPSA) is 95.7 Å². The van der Waals surface area contributed by atoms with Gasteiger partial charge < -0.3 is 24.1 Å². The number of hydrogen-bond donors (Lipinski definition) is 1. The molecule has 1 aromatic heterocycles. The predicted molar refractivity (Wildman–Crippen MR) is 99.5 cm³/mol. The molecule has 0 aliphatic heterocycles. The van der Waals surface area contributed by atoms with Crippen molar-refractivity contribution >= 4 is 5.91 Å². The van der Waals surface area contributed by atoms with Crippen LogP contribution in [0.5, 0.6) is 17.2 Å². The number of rotatable bonds is 10. The molecule has 0 saturated carbocycles. The maximum absolute atomic E-state index is 12.2. The summed E-state index contributed by atoms with van der Waals surface area (Å²) in [4.78, 5) is 16.5. The minimum atomic E-state index is -0.0855. The second kappa shape index (κ2) is 9.80. The van der Waals surface area contributed by atoms with E-state index in [1.54, 1.807) is 33.5 Å². The normalized spacial score (nSPS) is 10.7. The average Bonchev–Trinajstić information content (AvgIpc) is 3.13. The molecule has 148 valence electrons. The lowest BCUT2D eigenvalue weighted by Gasteiger charge is -2.14. The summed E-state index contributed by atoms with van der Waals surface area (Å²) in [6.07, 6.45) is 1.57. The molecule has 2 aromatic rings. The summed E-state index contributed by atoms with van der Waals surface area (Å²) in [5, 5.41) is 6.82. The first kappa shape index (κ1) is 20.5. The van der Waals surface area contributed by atoms with Crippen molar-refractivity contribution in [2.75, 3.05) is 27.9 Å². The smallest absolute Gasteiger partial charge is 0.226 e. The molecule has 0 radical (unpaired) electrons. The Kier molecular flexibility index (Phi) is 7.45. The number of methoxy groups -OCH3 is 3. The molecular formula is C19H27N3O5. The van der Waals surface area contributed by atoms with Crippen LogP contribution in [0.4, 0.5) is 0 Å². The van der Waals surface area contributed by atoms with Gasteiger partial charge in [0.2, 0.25) is 17.5 Å².